The average molecular weight is 735 g/mol. The summed E-state index contributed by atoms with van der Waals surface area (Å²) in [5.74, 6) is -0.841. The van der Waals surface area contributed by atoms with Gasteiger partial charge >= 0.3 is 13.7 Å². The molecule has 3 aromatic rings. The smallest absolute Gasteiger partial charge is 0.408 e. The maximum Gasteiger partial charge on any atom is 0.408 e. The van der Waals surface area contributed by atoms with Crippen molar-refractivity contribution in [1.82, 2.24) is 20.5 Å². The number of rotatable bonds is 11. The SMILES string of the molecule is C=CC1CC1(NC(=O)C1C[C@@H](Oc2cc(-c3ccccc3)nc3cc(OC)ccc23)CN1C(=O)[C@@H](NC(=O)OC1CCCC1)C(C)(C)C)P(=O)(O)O. The molecule has 0 radical (unpaired) electrons. The molecule has 1 saturated heterocycles. The van der Waals surface area contributed by atoms with E-state index in [0.717, 1.165) is 31.2 Å². The first-order valence-electron chi connectivity index (χ1n) is 17.6. The lowest BCUT2D eigenvalue weighted by molar-refractivity contribution is -0.142. The van der Waals surface area contributed by atoms with Gasteiger partial charge in [-0.15, -0.1) is 6.58 Å². The Morgan fingerprint density at radius 2 is 1.79 bits per heavy atom. The predicted molar refractivity (Wildman–Crippen MR) is 195 cm³/mol. The molecule has 4 N–H and O–H groups in total. The number of nitrogens with zero attached hydrogens (tertiary/aromatic N) is 2. The van der Waals surface area contributed by atoms with Gasteiger partial charge in [0.15, 0.2) is 0 Å². The summed E-state index contributed by atoms with van der Waals surface area (Å²) in [6, 6.07) is 14.5. The number of likely N-dealkylation sites (tertiary alicyclic amines) is 1. The van der Waals surface area contributed by atoms with Gasteiger partial charge < -0.3 is 39.5 Å². The highest BCUT2D eigenvalue weighted by Gasteiger charge is 2.66. The largest absolute Gasteiger partial charge is 0.497 e. The van der Waals surface area contributed by atoms with E-state index >= 15 is 0 Å². The van der Waals surface area contributed by atoms with Crippen molar-refractivity contribution in [2.45, 2.75) is 88.9 Å². The maximum atomic E-state index is 14.5. The Balaban J connectivity index is 1.33. The second-order valence-corrected chi connectivity index (χ2v) is 16.9. The minimum atomic E-state index is -4.81. The van der Waals surface area contributed by atoms with Crippen LogP contribution in [0.2, 0.25) is 0 Å². The van der Waals surface area contributed by atoms with Crippen LogP contribution in [-0.2, 0) is 18.9 Å². The van der Waals surface area contributed by atoms with Crippen LogP contribution in [-0.4, -0.2) is 80.8 Å². The van der Waals surface area contributed by atoms with Gasteiger partial charge in [0.25, 0.3) is 0 Å². The molecule has 0 spiro atoms. The highest BCUT2D eigenvalue weighted by atomic mass is 31.2. The van der Waals surface area contributed by atoms with Gasteiger partial charge in [0.1, 0.15) is 41.1 Å². The number of alkyl carbamates (subject to hydrolysis) is 1. The lowest BCUT2D eigenvalue weighted by atomic mass is 9.85. The molecule has 14 heteroatoms. The molecule has 52 heavy (non-hydrogen) atoms. The van der Waals surface area contributed by atoms with E-state index in [-0.39, 0.29) is 25.5 Å². The third-order valence-electron chi connectivity index (χ3n) is 10.3. The predicted octanol–water partition coefficient (Wildman–Crippen LogP) is 5.54. The molecule has 2 saturated carbocycles. The quantitative estimate of drug-likeness (QED) is 0.145. The molecule has 0 bridgehead atoms. The van der Waals surface area contributed by atoms with Crippen LogP contribution < -0.4 is 20.1 Å². The Kier molecular flexibility index (Phi) is 10.4. The standard InChI is InChI=1S/C38H47N4O9P/c1-6-24-21-38(24,52(46,47)48)41-34(43)31-19-27(22-42(31)35(44)33(37(2,3)4)40-36(45)51-25-14-10-11-15-25)50-32-20-29(23-12-8-7-9-13-23)39-30-18-26(49-5)16-17-28(30)32/h6-9,12-13,16-18,20,24-25,27,31,33H,1,10-11,14-15,19,21-22H2,2-5H3,(H,40,45)(H,41,43)(H2,46,47,48)/t24?,27-,31?,33-,38?/m1/s1. The second kappa shape index (κ2) is 14.5. The summed E-state index contributed by atoms with van der Waals surface area (Å²) in [5.41, 5.74) is 1.31. The fourth-order valence-electron chi connectivity index (χ4n) is 7.24. The van der Waals surface area contributed by atoms with Crippen LogP contribution in [0.1, 0.15) is 59.3 Å². The molecule has 2 heterocycles. The normalized spacial score (nSPS) is 23.9. The molecule has 13 nitrogen and oxygen atoms in total. The van der Waals surface area contributed by atoms with Gasteiger partial charge in [-0.25, -0.2) is 9.78 Å². The Morgan fingerprint density at radius 3 is 2.40 bits per heavy atom. The Bertz CT molecular complexity index is 1890. The highest BCUT2D eigenvalue weighted by Crippen LogP contribution is 2.67. The minimum Gasteiger partial charge on any atom is -0.497 e. The van der Waals surface area contributed by atoms with Gasteiger partial charge in [-0.1, -0.05) is 57.2 Å². The Hall–Kier alpha value is -4.45. The topological polar surface area (TPSA) is 177 Å². The van der Waals surface area contributed by atoms with Crippen molar-refractivity contribution < 1.29 is 42.9 Å². The van der Waals surface area contributed by atoms with E-state index in [1.807, 2.05) is 42.5 Å². The van der Waals surface area contributed by atoms with E-state index in [1.54, 1.807) is 40.0 Å². The number of carbonyl (C=O) groups is 3. The van der Waals surface area contributed by atoms with E-state index in [1.165, 1.54) is 11.0 Å². The van der Waals surface area contributed by atoms with Crippen LogP contribution >= 0.6 is 7.60 Å². The van der Waals surface area contributed by atoms with Crippen LogP contribution in [0.5, 0.6) is 11.5 Å². The van der Waals surface area contributed by atoms with Gasteiger partial charge in [0.05, 0.1) is 24.9 Å². The van der Waals surface area contributed by atoms with Crippen molar-refractivity contribution in [2.24, 2.45) is 11.3 Å². The fourth-order valence-corrected chi connectivity index (χ4v) is 8.47. The number of amides is 3. The van der Waals surface area contributed by atoms with E-state index in [2.05, 4.69) is 17.2 Å². The summed E-state index contributed by atoms with van der Waals surface area (Å²) >= 11 is 0. The molecule has 2 aromatic carbocycles. The molecule has 3 amide bonds. The third kappa shape index (κ3) is 7.67. The lowest BCUT2D eigenvalue weighted by Gasteiger charge is -2.35. The lowest BCUT2D eigenvalue weighted by Crippen LogP contribution is -2.58. The molecule has 1 aromatic heterocycles. The number of ether oxygens (including phenoxy) is 3. The molecular formula is C38H47N4O9P. The van der Waals surface area contributed by atoms with E-state index in [4.69, 9.17) is 19.2 Å². The second-order valence-electron chi connectivity index (χ2n) is 15.0. The first kappa shape index (κ1) is 37.3. The van der Waals surface area contributed by atoms with Crippen molar-refractivity contribution >= 4 is 36.4 Å². The molecule has 6 rings (SSSR count). The van der Waals surface area contributed by atoms with Crippen LogP contribution in [0.4, 0.5) is 4.79 Å². The van der Waals surface area contributed by atoms with Crippen LogP contribution in [0.25, 0.3) is 22.2 Å². The Morgan fingerprint density at radius 1 is 1.08 bits per heavy atom. The first-order chi connectivity index (χ1) is 24.6. The summed E-state index contributed by atoms with van der Waals surface area (Å²) in [7, 11) is -3.25. The number of pyridine rings is 1. The van der Waals surface area contributed by atoms with Gasteiger partial charge in [-0.3, -0.25) is 14.2 Å². The van der Waals surface area contributed by atoms with Crippen molar-refractivity contribution in [2.75, 3.05) is 13.7 Å². The van der Waals surface area contributed by atoms with E-state index < -0.39 is 60.3 Å². The molecule has 1 aliphatic heterocycles. The molecular weight excluding hydrogens is 687 g/mol. The molecule has 3 fully saturated rings. The van der Waals surface area contributed by atoms with Gasteiger partial charge in [-0.05, 0) is 49.7 Å². The van der Waals surface area contributed by atoms with Crippen molar-refractivity contribution in [3.8, 4) is 22.8 Å². The molecule has 3 unspecified atom stereocenters. The maximum absolute atomic E-state index is 14.5. The van der Waals surface area contributed by atoms with Crippen LogP contribution in [0, 0.1) is 11.3 Å². The van der Waals surface area contributed by atoms with Crippen molar-refractivity contribution in [3.05, 3.63) is 67.3 Å². The number of methoxy groups -OCH3 is 1. The highest BCUT2D eigenvalue weighted by molar-refractivity contribution is 7.54. The number of carbonyl (C=O) groups excluding carboxylic acids is 3. The third-order valence-corrected chi connectivity index (χ3v) is 11.9. The van der Waals surface area contributed by atoms with Gasteiger partial charge in [-0.2, -0.15) is 0 Å². The number of benzene rings is 2. The van der Waals surface area contributed by atoms with Crippen LogP contribution in [0.15, 0.2) is 67.3 Å². The summed E-state index contributed by atoms with van der Waals surface area (Å²) in [5, 5.41) is 4.24. The minimum absolute atomic E-state index is 0.0115. The summed E-state index contributed by atoms with van der Waals surface area (Å²) in [6.07, 6.45) is 3.20. The molecule has 3 aliphatic rings. The first-order valence-corrected chi connectivity index (χ1v) is 19.2. The van der Waals surface area contributed by atoms with Gasteiger partial charge in [0, 0.05) is 35.4 Å². The number of aromatic nitrogens is 1. The Labute approximate surface area is 303 Å². The van der Waals surface area contributed by atoms with Crippen molar-refractivity contribution in [1.29, 1.82) is 0 Å². The van der Waals surface area contributed by atoms with Gasteiger partial charge in [0.2, 0.25) is 11.8 Å². The summed E-state index contributed by atoms with van der Waals surface area (Å²) in [6.45, 7) is 9.03. The number of hydrogen-bond acceptors (Lipinski definition) is 8. The zero-order valence-corrected chi connectivity index (χ0v) is 30.8. The van der Waals surface area contributed by atoms with Crippen LogP contribution in [0.3, 0.4) is 0 Å². The zero-order valence-electron chi connectivity index (χ0n) is 29.9. The van der Waals surface area contributed by atoms with Crippen molar-refractivity contribution in [3.63, 3.8) is 0 Å². The fraction of sp³-hybridized carbons (Fsp3) is 0.474. The number of hydrogen-bond donors (Lipinski definition) is 4. The van der Waals surface area contributed by atoms with E-state index in [0.29, 0.717) is 28.1 Å². The molecule has 2 aliphatic carbocycles. The number of nitrogens with one attached hydrogen (secondary N) is 2. The number of fused-ring (bicyclic) bond motifs is 1. The average Bonchev–Trinajstić information content (AvgIpc) is 3.37. The summed E-state index contributed by atoms with van der Waals surface area (Å²) in [4.78, 5) is 68.4. The molecule has 278 valence electrons. The zero-order chi connectivity index (χ0) is 37.4. The van der Waals surface area contributed by atoms with E-state index in [9.17, 15) is 28.7 Å². The monoisotopic (exact) mass is 734 g/mol. The molecule has 5 atom stereocenters. The summed E-state index contributed by atoms with van der Waals surface area (Å²) < 4.78 is 30.3.